The largest absolute Gasteiger partial charge is 0.452 e. The summed E-state index contributed by atoms with van der Waals surface area (Å²) >= 11 is 12.0. The van der Waals surface area contributed by atoms with Gasteiger partial charge in [-0.3, -0.25) is 9.59 Å². The zero-order valence-corrected chi connectivity index (χ0v) is 15.1. The van der Waals surface area contributed by atoms with E-state index < -0.39 is 0 Å². The maximum Gasteiger partial charge on any atom is 0.310 e. The molecule has 0 radical (unpaired) electrons. The van der Waals surface area contributed by atoms with E-state index in [4.69, 9.17) is 32.7 Å². The minimum atomic E-state index is -0.351. The van der Waals surface area contributed by atoms with Gasteiger partial charge in [0.1, 0.15) is 11.5 Å². The Morgan fingerprint density at radius 3 is 2.68 bits per heavy atom. The summed E-state index contributed by atoms with van der Waals surface area (Å²) in [5, 5.41) is 0.925. The Balaban J connectivity index is 1.96. The van der Waals surface area contributed by atoms with E-state index in [1.54, 1.807) is 50.3 Å². The van der Waals surface area contributed by atoms with Crippen LogP contribution in [0.5, 0.6) is 11.5 Å². The normalized spacial score (nSPS) is 14.4. The SMILES string of the molecule is CCC(=O)Oc1ccc2c(c1C)O/C(=C\c1ccc(Cl)cc1Cl)C2=O. The van der Waals surface area contributed by atoms with Crippen LogP contribution >= 0.6 is 23.2 Å². The van der Waals surface area contributed by atoms with Crippen LogP contribution in [0.1, 0.15) is 34.8 Å². The molecule has 2 aromatic carbocycles. The molecular weight excluding hydrogens is 363 g/mol. The van der Waals surface area contributed by atoms with Crippen LogP contribution < -0.4 is 9.47 Å². The molecule has 1 aliphatic heterocycles. The number of ketones is 1. The Morgan fingerprint density at radius 2 is 2.00 bits per heavy atom. The predicted octanol–water partition coefficient (Wildman–Crippen LogP) is 5.23. The van der Waals surface area contributed by atoms with E-state index in [1.807, 2.05) is 0 Å². The molecule has 0 atom stereocenters. The molecule has 4 nitrogen and oxygen atoms in total. The monoisotopic (exact) mass is 376 g/mol. The van der Waals surface area contributed by atoms with Crippen molar-refractivity contribution in [2.75, 3.05) is 0 Å². The molecule has 3 rings (SSSR count). The van der Waals surface area contributed by atoms with Crippen LogP contribution in [-0.2, 0) is 4.79 Å². The second-order valence-electron chi connectivity index (χ2n) is 5.50. The van der Waals surface area contributed by atoms with Crippen molar-refractivity contribution in [1.29, 1.82) is 0 Å². The van der Waals surface area contributed by atoms with Gasteiger partial charge in [-0.15, -0.1) is 0 Å². The van der Waals surface area contributed by atoms with Crippen LogP contribution in [-0.4, -0.2) is 11.8 Å². The second kappa shape index (κ2) is 6.90. The fraction of sp³-hybridized carbons (Fsp3) is 0.158. The van der Waals surface area contributed by atoms with Crippen LogP contribution in [0, 0.1) is 6.92 Å². The summed E-state index contributed by atoms with van der Waals surface area (Å²) in [5.41, 5.74) is 1.64. The van der Waals surface area contributed by atoms with Gasteiger partial charge in [-0.1, -0.05) is 36.2 Å². The molecule has 0 amide bonds. The Hall–Kier alpha value is -2.30. The van der Waals surface area contributed by atoms with Crippen molar-refractivity contribution in [1.82, 2.24) is 0 Å². The predicted molar refractivity (Wildman–Crippen MR) is 96.5 cm³/mol. The van der Waals surface area contributed by atoms with E-state index in [2.05, 4.69) is 0 Å². The summed E-state index contributed by atoms with van der Waals surface area (Å²) in [6.07, 6.45) is 1.83. The lowest BCUT2D eigenvalue weighted by atomic mass is 10.1. The number of ether oxygens (including phenoxy) is 2. The second-order valence-corrected chi connectivity index (χ2v) is 6.34. The summed E-state index contributed by atoms with van der Waals surface area (Å²) in [7, 11) is 0. The molecule has 0 aliphatic carbocycles. The summed E-state index contributed by atoms with van der Waals surface area (Å²) < 4.78 is 11.0. The van der Waals surface area contributed by atoms with E-state index in [9.17, 15) is 9.59 Å². The summed E-state index contributed by atoms with van der Waals surface area (Å²) in [5.74, 6) is 0.321. The van der Waals surface area contributed by atoms with Gasteiger partial charge in [0.15, 0.2) is 5.76 Å². The van der Waals surface area contributed by atoms with Gasteiger partial charge in [0.2, 0.25) is 5.78 Å². The minimum Gasteiger partial charge on any atom is -0.452 e. The molecule has 0 saturated heterocycles. The van der Waals surface area contributed by atoms with Crippen molar-refractivity contribution in [2.24, 2.45) is 0 Å². The number of fused-ring (bicyclic) bond motifs is 1. The molecule has 6 heteroatoms. The van der Waals surface area contributed by atoms with Crippen molar-refractivity contribution < 1.29 is 19.1 Å². The molecule has 0 spiro atoms. The van der Waals surface area contributed by atoms with Crippen molar-refractivity contribution in [3.8, 4) is 11.5 Å². The number of halogens is 2. The summed E-state index contributed by atoms with van der Waals surface area (Å²) in [4.78, 5) is 24.1. The number of hydrogen-bond donors (Lipinski definition) is 0. The van der Waals surface area contributed by atoms with Crippen LogP contribution in [0.3, 0.4) is 0 Å². The molecule has 0 aromatic heterocycles. The standard InChI is InChI=1S/C19H14Cl2O4/c1-3-17(22)24-15-7-6-13-18(23)16(25-19(13)10(15)2)8-11-4-5-12(20)9-14(11)21/h4-9H,3H2,1-2H3/b16-8-. The molecule has 0 fully saturated rings. The van der Waals surface area contributed by atoms with E-state index in [0.29, 0.717) is 38.2 Å². The molecule has 25 heavy (non-hydrogen) atoms. The third kappa shape index (κ3) is 3.41. The van der Waals surface area contributed by atoms with E-state index >= 15 is 0 Å². The van der Waals surface area contributed by atoms with Gasteiger partial charge >= 0.3 is 5.97 Å². The highest BCUT2D eigenvalue weighted by molar-refractivity contribution is 6.35. The van der Waals surface area contributed by atoms with Gasteiger partial charge in [0, 0.05) is 22.0 Å². The molecule has 2 aromatic rings. The maximum absolute atomic E-state index is 12.6. The van der Waals surface area contributed by atoms with Crippen molar-refractivity contribution in [3.05, 3.63) is 62.8 Å². The first-order valence-corrected chi connectivity index (χ1v) is 8.40. The number of carbonyl (C=O) groups excluding carboxylic acids is 2. The van der Waals surface area contributed by atoms with E-state index in [1.165, 1.54) is 0 Å². The van der Waals surface area contributed by atoms with Gasteiger partial charge in [-0.05, 0) is 42.8 Å². The topological polar surface area (TPSA) is 52.6 Å². The van der Waals surface area contributed by atoms with Gasteiger partial charge in [0.05, 0.1) is 5.56 Å². The van der Waals surface area contributed by atoms with Gasteiger partial charge < -0.3 is 9.47 Å². The molecule has 0 N–H and O–H groups in total. The third-order valence-electron chi connectivity index (χ3n) is 3.80. The average Bonchev–Trinajstić information content (AvgIpc) is 2.89. The zero-order valence-electron chi connectivity index (χ0n) is 13.6. The highest BCUT2D eigenvalue weighted by atomic mass is 35.5. The molecule has 0 saturated carbocycles. The summed E-state index contributed by atoms with van der Waals surface area (Å²) in [6.45, 7) is 3.45. The average molecular weight is 377 g/mol. The van der Waals surface area contributed by atoms with Crippen LogP contribution in [0.25, 0.3) is 6.08 Å². The number of hydrogen-bond acceptors (Lipinski definition) is 4. The van der Waals surface area contributed by atoms with E-state index in [-0.39, 0.29) is 23.9 Å². The molecular formula is C19H14Cl2O4. The Labute approximate surface area is 155 Å². The third-order valence-corrected chi connectivity index (χ3v) is 4.36. The van der Waals surface area contributed by atoms with Crippen molar-refractivity contribution in [2.45, 2.75) is 20.3 Å². The number of carbonyl (C=O) groups is 2. The van der Waals surface area contributed by atoms with Crippen LogP contribution in [0.2, 0.25) is 10.0 Å². The molecule has 128 valence electrons. The quantitative estimate of drug-likeness (QED) is 0.417. The highest BCUT2D eigenvalue weighted by Crippen LogP contribution is 2.39. The Kier molecular flexibility index (Phi) is 4.84. The van der Waals surface area contributed by atoms with Gasteiger partial charge in [-0.2, -0.15) is 0 Å². The van der Waals surface area contributed by atoms with Crippen molar-refractivity contribution in [3.63, 3.8) is 0 Å². The molecule has 0 bridgehead atoms. The van der Waals surface area contributed by atoms with Gasteiger partial charge in [-0.25, -0.2) is 0 Å². The van der Waals surface area contributed by atoms with Crippen molar-refractivity contribution >= 4 is 41.0 Å². The number of benzene rings is 2. The minimum absolute atomic E-state index is 0.154. The van der Waals surface area contributed by atoms with E-state index in [0.717, 1.165) is 0 Å². The number of Topliss-reactive ketones (excluding diaryl/α,β-unsaturated/α-hetero) is 1. The van der Waals surface area contributed by atoms with Crippen LogP contribution in [0.15, 0.2) is 36.1 Å². The highest BCUT2D eigenvalue weighted by Gasteiger charge is 2.30. The fourth-order valence-corrected chi connectivity index (χ4v) is 2.90. The Morgan fingerprint density at radius 1 is 1.24 bits per heavy atom. The molecule has 1 heterocycles. The first-order chi connectivity index (χ1) is 11.9. The maximum atomic E-state index is 12.6. The zero-order chi connectivity index (χ0) is 18.1. The number of allylic oxidation sites excluding steroid dienone is 1. The molecule has 0 unspecified atom stereocenters. The lowest BCUT2D eigenvalue weighted by Gasteiger charge is -2.09. The molecule has 1 aliphatic rings. The smallest absolute Gasteiger partial charge is 0.310 e. The first-order valence-electron chi connectivity index (χ1n) is 7.64. The number of esters is 1. The summed E-state index contributed by atoms with van der Waals surface area (Å²) in [6, 6.07) is 8.17. The fourth-order valence-electron chi connectivity index (χ4n) is 2.43. The van der Waals surface area contributed by atoms with Crippen LogP contribution in [0.4, 0.5) is 0 Å². The van der Waals surface area contributed by atoms with Gasteiger partial charge in [0.25, 0.3) is 0 Å². The lowest BCUT2D eigenvalue weighted by Crippen LogP contribution is -2.06. The lowest BCUT2D eigenvalue weighted by molar-refractivity contribution is -0.134. The number of rotatable bonds is 3. The Bertz CT molecular complexity index is 916. The first kappa shape index (κ1) is 17.5.